The van der Waals surface area contributed by atoms with Crippen molar-refractivity contribution in [3.05, 3.63) is 74.1 Å². The summed E-state index contributed by atoms with van der Waals surface area (Å²) in [7, 11) is 2.77. The van der Waals surface area contributed by atoms with Crippen molar-refractivity contribution in [2.75, 3.05) is 14.2 Å². The molecule has 1 N–H and O–H groups in total. The maximum atomic E-state index is 13.1. The molecule has 0 aliphatic rings. The van der Waals surface area contributed by atoms with Gasteiger partial charge in [-0.1, -0.05) is 12.1 Å². The molecule has 0 fully saturated rings. The average molecular weight is 417 g/mol. The van der Waals surface area contributed by atoms with Crippen molar-refractivity contribution in [3.8, 4) is 11.5 Å². The standard InChI is InChI=1S/C18H16FN5O4S/c1-27-15-9-16(28-2)14(24(25)26)8-12(15)10-20-23-17(21-22-18(23)29)7-11-3-5-13(19)6-4-11/h3-6,8-10H,7H2,1-2H3,(H,22,29)/b20-10-. The van der Waals surface area contributed by atoms with E-state index in [9.17, 15) is 14.5 Å². The number of aromatic amines is 1. The first kappa shape index (κ1) is 20.1. The van der Waals surface area contributed by atoms with Crippen LogP contribution >= 0.6 is 12.2 Å². The molecular weight excluding hydrogens is 401 g/mol. The maximum absolute atomic E-state index is 13.1. The van der Waals surface area contributed by atoms with Crippen LogP contribution in [0.4, 0.5) is 10.1 Å². The monoisotopic (exact) mass is 417 g/mol. The van der Waals surface area contributed by atoms with E-state index in [0.717, 1.165) is 5.56 Å². The van der Waals surface area contributed by atoms with E-state index >= 15 is 0 Å². The molecule has 2 aromatic carbocycles. The molecule has 9 nitrogen and oxygen atoms in total. The zero-order valence-corrected chi connectivity index (χ0v) is 16.3. The number of rotatable bonds is 7. The summed E-state index contributed by atoms with van der Waals surface area (Å²) in [5.41, 5.74) is 0.947. The topological polar surface area (TPSA) is 108 Å². The number of H-pyrrole nitrogens is 1. The lowest BCUT2D eigenvalue weighted by Crippen LogP contribution is -2.02. The summed E-state index contributed by atoms with van der Waals surface area (Å²) in [6.07, 6.45) is 1.73. The number of aromatic nitrogens is 3. The third-order valence-electron chi connectivity index (χ3n) is 4.03. The number of hydrogen-bond acceptors (Lipinski definition) is 7. The number of benzene rings is 2. The first-order chi connectivity index (χ1) is 13.9. The van der Waals surface area contributed by atoms with Gasteiger partial charge in [0.1, 0.15) is 11.6 Å². The van der Waals surface area contributed by atoms with Gasteiger partial charge in [-0.05, 0) is 29.9 Å². The van der Waals surface area contributed by atoms with Gasteiger partial charge in [0.25, 0.3) is 0 Å². The number of nitro benzene ring substituents is 1. The van der Waals surface area contributed by atoms with E-state index in [1.165, 1.54) is 49.4 Å². The smallest absolute Gasteiger partial charge is 0.311 e. The Morgan fingerprint density at radius 2 is 1.97 bits per heavy atom. The Morgan fingerprint density at radius 3 is 2.59 bits per heavy atom. The minimum Gasteiger partial charge on any atom is -0.496 e. The maximum Gasteiger partial charge on any atom is 0.311 e. The molecule has 0 amide bonds. The predicted molar refractivity (Wildman–Crippen MR) is 106 cm³/mol. The first-order valence-electron chi connectivity index (χ1n) is 8.28. The Labute approximate surface area is 169 Å². The van der Waals surface area contributed by atoms with Crippen molar-refractivity contribution >= 4 is 24.1 Å². The van der Waals surface area contributed by atoms with Crippen LogP contribution in [0.2, 0.25) is 0 Å². The van der Waals surface area contributed by atoms with E-state index in [4.69, 9.17) is 21.7 Å². The molecule has 0 bridgehead atoms. The van der Waals surface area contributed by atoms with Gasteiger partial charge in [0.2, 0.25) is 10.5 Å². The van der Waals surface area contributed by atoms with Gasteiger partial charge < -0.3 is 9.47 Å². The van der Waals surface area contributed by atoms with Crippen molar-refractivity contribution < 1.29 is 18.8 Å². The van der Waals surface area contributed by atoms with Crippen LogP contribution in [0.15, 0.2) is 41.5 Å². The lowest BCUT2D eigenvalue weighted by molar-refractivity contribution is -0.385. The number of hydrogen-bond donors (Lipinski definition) is 1. The van der Waals surface area contributed by atoms with Crippen molar-refractivity contribution in [2.45, 2.75) is 6.42 Å². The molecule has 0 aliphatic carbocycles. The summed E-state index contributed by atoms with van der Waals surface area (Å²) in [5, 5.41) is 22.4. The minimum absolute atomic E-state index is 0.0703. The molecule has 29 heavy (non-hydrogen) atoms. The molecule has 0 atom stereocenters. The largest absolute Gasteiger partial charge is 0.496 e. The molecule has 0 radical (unpaired) electrons. The highest BCUT2D eigenvalue weighted by Crippen LogP contribution is 2.33. The number of nitrogens with one attached hydrogen (secondary N) is 1. The fourth-order valence-corrected chi connectivity index (χ4v) is 2.81. The summed E-state index contributed by atoms with van der Waals surface area (Å²) in [6, 6.07) is 8.68. The highest BCUT2D eigenvalue weighted by molar-refractivity contribution is 7.71. The van der Waals surface area contributed by atoms with E-state index < -0.39 is 4.92 Å². The van der Waals surface area contributed by atoms with Crippen LogP contribution in [0, 0.1) is 20.7 Å². The van der Waals surface area contributed by atoms with Gasteiger partial charge in [-0.15, -0.1) is 0 Å². The van der Waals surface area contributed by atoms with Crippen LogP contribution in [0.3, 0.4) is 0 Å². The molecule has 0 saturated heterocycles. The lowest BCUT2D eigenvalue weighted by Gasteiger charge is -2.08. The third-order valence-corrected chi connectivity index (χ3v) is 4.30. The molecule has 0 saturated carbocycles. The molecule has 1 aromatic heterocycles. The Hall–Kier alpha value is -3.60. The van der Waals surface area contributed by atoms with Crippen molar-refractivity contribution in [2.24, 2.45) is 5.10 Å². The average Bonchev–Trinajstić information content (AvgIpc) is 3.06. The second-order valence-electron chi connectivity index (χ2n) is 5.83. The molecular formula is C18H16FN5O4S. The van der Waals surface area contributed by atoms with Gasteiger partial charge >= 0.3 is 5.69 Å². The number of ether oxygens (including phenoxy) is 2. The van der Waals surface area contributed by atoms with Gasteiger partial charge in [-0.25, -0.2) is 4.39 Å². The Kier molecular flexibility index (Phi) is 5.98. The van der Waals surface area contributed by atoms with Crippen molar-refractivity contribution in [1.29, 1.82) is 0 Å². The van der Waals surface area contributed by atoms with Gasteiger partial charge in [0.05, 0.1) is 25.4 Å². The second-order valence-corrected chi connectivity index (χ2v) is 6.21. The number of nitro groups is 1. The number of nitrogens with zero attached hydrogens (tertiary/aromatic N) is 4. The molecule has 3 rings (SSSR count). The quantitative estimate of drug-likeness (QED) is 0.273. The molecule has 150 valence electrons. The van der Waals surface area contributed by atoms with Crippen LogP contribution in [-0.2, 0) is 6.42 Å². The molecule has 1 heterocycles. The van der Waals surface area contributed by atoms with Crippen LogP contribution in [0.5, 0.6) is 11.5 Å². The Morgan fingerprint density at radius 1 is 1.28 bits per heavy atom. The van der Waals surface area contributed by atoms with Crippen LogP contribution < -0.4 is 9.47 Å². The SMILES string of the molecule is COc1cc(OC)c([N+](=O)[O-])cc1/C=N\n1c(Cc2ccc(F)cc2)n[nH]c1=S. The summed E-state index contributed by atoms with van der Waals surface area (Å²) in [4.78, 5) is 10.7. The summed E-state index contributed by atoms with van der Waals surface area (Å²) in [6.45, 7) is 0. The number of methoxy groups -OCH3 is 2. The van der Waals surface area contributed by atoms with E-state index in [1.807, 2.05) is 0 Å². The van der Waals surface area contributed by atoms with E-state index in [1.54, 1.807) is 12.1 Å². The normalized spacial score (nSPS) is 11.0. The van der Waals surface area contributed by atoms with E-state index in [-0.39, 0.29) is 22.0 Å². The third kappa shape index (κ3) is 4.46. The zero-order valence-electron chi connectivity index (χ0n) is 15.5. The van der Waals surface area contributed by atoms with Crippen LogP contribution in [0.25, 0.3) is 0 Å². The summed E-state index contributed by atoms with van der Waals surface area (Å²) < 4.78 is 25.0. The van der Waals surface area contributed by atoms with E-state index in [2.05, 4.69) is 15.3 Å². The summed E-state index contributed by atoms with van der Waals surface area (Å²) >= 11 is 5.21. The fourth-order valence-electron chi connectivity index (χ4n) is 2.61. The van der Waals surface area contributed by atoms with Crippen molar-refractivity contribution in [1.82, 2.24) is 14.9 Å². The second kappa shape index (κ2) is 8.61. The first-order valence-corrected chi connectivity index (χ1v) is 8.69. The number of halogens is 1. The van der Waals surface area contributed by atoms with Crippen LogP contribution in [0.1, 0.15) is 17.0 Å². The lowest BCUT2D eigenvalue weighted by atomic mass is 10.1. The van der Waals surface area contributed by atoms with Gasteiger partial charge in [-0.2, -0.15) is 14.9 Å². The molecule has 0 aliphatic heterocycles. The minimum atomic E-state index is -0.556. The molecule has 0 unspecified atom stereocenters. The molecule has 0 spiro atoms. The Balaban J connectivity index is 1.97. The van der Waals surface area contributed by atoms with Gasteiger partial charge in [0.15, 0.2) is 5.82 Å². The fraction of sp³-hybridized carbons (Fsp3) is 0.167. The summed E-state index contributed by atoms with van der Waals surface area (Å²) in [5.74, 6) is 0.561. The zero-order chi connectivity index (χ0) is 21.0. The van der Waals surface area contributed by atoms with Crippen LogP contribution in [-0.4, -0.2) is 40.2 Å². The Bertz CT molecular complexity index is 1120. The highest BCUT2D eigenvalue weighted by Gasteiger charge is 2.19. The molecule has 3 aromatic rings. The van der Waals surface area contributed by atoms with Gasteiger partial charge in [0, 0.05) is 24.1 Å². The van der Waals surface area contributed by atoms with Crippen molar-refractivity contribution in [3.63, 3.8) is 0 Å². The van der Waals surface area contributed by atoms with E-state index in [0.29, 0.717) is 23.6 Å². The predicted octanol–water partition coefficient (Wildman–Crippen LogP) is 3.48. The molecule has 11 heteroatoms. The van der Waals surface area contributed by atoms with Gasteiger partial charge in [-0.3, -0.25) is 15.2 Å². The highest BCUT2D eigenvalue weighted by atomic mass is 32.1.